The highest BCUT2D eigenvalue weighted by molar-refractivity contribution is 7.89. The SMILES string of the molecule is Cc1ccc(S(=O)(=O)NC2CCc3c(cccc3OCC(=O)O)C2)cc1. The first-order valence-electron chi connectivity index (χ1n) is 8.39. The van der Waals surface area contributed by atoms with Gasteiger partial charge in [0.2, 0.25) is 10.0 Å². The van der Waals surface area contributed by atoms with Crippen LogP contribution in [0.2, 0.25) is 0 Å². The molecule has 0 saturated heterocycles. The van der Waals surface area contributed by atoms with Gasteiger partial charge in [-0.05, 0) is 55.5 Å². The molecule has 0 aliphatic heterocycles. The number of carboxylic acids is 1. The first-order chi connectivity index (χ1) is 12.3. The van der Waals surface area contributed by atoms with Crippen molar-refractivity contribution in [3.05, 3.63) is 59.2 Å². The van der Waals surface area contributed by atoms with Crippen LogP contribution < -0.4 is 9.46 Å². The number of sulfonamides is 1. The average Bonchev–Trinajstić information content (AvgIpc) is 2.59. The molecule has 2 N–H and O–H groups in total. The van der Waals surface area contributed by atoms with E-state index >= 15 is 0 Å². The molecule has 3 rings (SSSR count). The number of hydrogen-bond acceptors (Lipinski definition) is 4. The highest BCUT2D eigenvalue weighted by Crippen LogP contribution is 2.30. The van der Waals surface area contributed by atoms with Crippen molar-refractivity contribution in [3.8, 4) is 5.75 Å². The average molecular weight is 375 g/mol. The molecular formula is C19H21NO5S. The van der Waals surface area contributed by atoms with E-state index in [1.807, 2.05) is 13.0 Å². The third-order valence-electron chi connectivity index (χ3n) is 4.44. The van der Waals surface area contributed by atoms with Crippen LogP contribution in [-0.4, -0.2) is 32.1 Å². The molecule has 1 atom stereocenters. The Morgan fingerprint density at radius 3 is 2.65 bits per heavy atom. The minimum absolute atomic E-state index is 0.205. The second kappa shape index (κ2) is 7.47. The number of carbonyl (C=O) groups is 1. The van der Waals surface area contributed by atoms with E-state index in [-0.39, 0.29) is 17.5 Å². The molecule has 0 saturated carbocycles. The number of aryl methyl sites for hydroxylation is 1. The topological polar surface area (TPSA) is 92.7 Å². The molecule has 138 valence electrons. The van der Waals surface area contributed by atoms with Crippen LogP contribution in [0.25, 0.3) is 0 Å². The van der Waals surface area contributed by atoms with Crippen molar-refractivity contribution in [1.82, 2.24) is 4.72 Å². The molecule has 1 aliphatic carbocycles. The molecule has 26 heavy (non-hydrogen) atoms. The minimum atomic E-state index is -3.57. The van der Waals surface area contributed by atoms with Gasteiger partial charge in [-0.2, -0.15) is 0 Å². The first-order valence-corrected chi connectivity index (χ1v) is 9.88. The van der Waals surface area contributed by atoms with Gasteiger partial charge < -0.3 is 9.84 Å². The molecule has 0 heterocycles. The number of ether oxygens (including phenoxy) is 1. The van der Waals surface area contributed by atoms with Gasteiger partial charge in [-0.25, -0.2) is 17.9 Å². The molecule has 2 aromatic rings. The van der Waals surface area contributed by atoms with Gasteiger partial charge in [0.15, 0.2) is 6.61 Å². The number of carboxylic acid groups (broad SMARTS) is 1. The maximum Gasteiger partial charge on any atom is 0.341 e. The standard InChI is InChI=1S/C19H21NO5S/c1-13-5-8-16(9-6-13)26(23,24)20-15-7-10-17-14(11-15)3-2-4-18(17)25-12-19(21)22/h2-6,8-9,15,20H,7,10-12H2,1H3,(H,21,22). The molecule has 6 nitrogen and oxygen atoms in total. The van der Waals surface area contributed by atoms with E-state index < -0.39 is 16.0 Å². The summed E-state index contributed by atoms with van der Waals surface area (Å²) in [6.07, 6.45) is 1.81. The molecule has 7 heteroatoms. The Labute approximate surface area is 152 Å². The van der Waals surface area contributed by atoms with E-state index in [9.17, 15) is 13.2 Å². The van der Waals surface area contributed by atoms with Crippen LogP contribution in [0.15, 0.2) is 47.4 Å². The van der Waals surface area contributed by atoms with Crippen LogP contribution in [-0.2, 0) is 27.7 Å². The Hall–Kier alpha value is -2.38. The van der Waals surface area contributed by atoms with Crippen LogP contribution in [0.5, 0.6) is 5.75 Å². The number of fused-ring (bicyclic) bond motifs is 1. The lowest BCUT2D eigenvalue weighted by molar-refractivity contribution is -0.139. The molecule has 0 aromatic heterocycles. The van der Waals surface area contributed by atoms with Gasteiger partial charge >= 0.3 is 5.97 Å². The fourth-order valence-corrected chi connectivity index (χ4v) is 4.42. The third kappa shape index (κ3) is 4.23. The van der Waals surface area contributed by atoms with Gasteiger partial charge in [0.05, 0.1) is 4.90 Å². The summed E-state index contributed by atoms with van der Waals surface area (Å²) in [7, 11) is -3.57. The Balaban J connectivity index is 1.73. The molecule has 1 aliphatic rings. The van der Waals surface area contributed by atoms with Crippen LogP contribution in [0.3, 0.4) is 0 Å². The van der Waals surface area contributed by atoms with Crippen LogP contribution in [0.4, 0.5) is 0 Å². The monoisotopic (exact) mass is 375 g/mol. The Morgan fingerprint density at radius 1 is 1.23 bits per heavy atom. The number of nitrogens with one attached hydrogen (secondary N) is 1. The number of hydrogen-bond donors (Lipinski definition) is 2. The number of rotatable bonds is 6. The summed E-state index contributed by atoms with van der Waals surface area (Å²) in [4.78, 5) is 11.0. The lowest BCUT2D eigenvalue weighted by Crippen LogP contribution is -2.38. The van der Waals surface area contributed by atoms with Crippen LogP contribution in [0, 0.1) is 6.92 Å². The van der Waals surface area contributed by atoms with Crippen molar-refractivity contribution in [3.63, 3.8) is 0 Å². The Kier molecular flexibility index (Phi) is 5.29. The highest BCUT2D eigenvalue weighted by atomic mass is 32.2. The largest absolute Gasteiger partial charge is 0.482 e. The lowest BCUT2D eigenvalue weighted by Gasteiger charge is -2.26. The van der Waals surface area contributed by atoms with Gasteiger partial charge in [-0.3, -0.25) is 0 Å². The normalized spacial score (nSPS) is 16.7. The maximum absolute atomic E-state index is 12.6. The molecular weight excluding hydrogens is 354 g/mol. The zero-order chi connectivity index (χ0) is 18.7. The van der Waals surface area contributed by atoms with Gasteiger partial charge in [0.25, 0.3) is 0 Å². The smallest absolute Gasteiger partial charge is 0.341 e. The predicted octanol–water partition coefficient (Wildman–Crippen LogP) is 2.29. The van der Waals surface area contributed by atoms with E-state index in [0.29, 0.717) is 25.0 Å². The quantitative estimate of drug-likeness (QED) is 0.808. The van der Waals surface area contributed by atoms with Gasteiger partial charge in [-0.15, -0.1) is 0 Å². The molecule has 0 fully saturated rings. The molecule has 0 amide bonds. The molecule has 2 aromatic carbocycles. The molecule has 1 unspecified atom stereocenters. The second-order valence-corrected chi connectivity index (χ2v) is 8.16. The molecule has 0 radical (unpaired) electrons. The van der Waals surface area contributed by atoms with E-state index in [0.717, 1.165) is 16.7 Å². The molecule has 0 spiro atoms. The molecule has 0 bridgehead atoms. The highest BCUT2D eigenvalue weighted by Gasteiger charge is 2.26. The van der Waals surface area contributed by atoms with Gasteiger partial charge in [-0.1, -0.05) is 29.8 Å². The Bertz CT molecular complexity index is 906. The Morgan fingerprint density at radius 2 is 1.96 bits per heavy atom. The van der Waals surface area contributed by atoms with Crippen LogP contribution >= 0.6 is 0 Å². The summed E-state index contributed by atoms with van der Waals surface area (Å²) in [5, 5.41) is 8.77. The lowest BCUT2D eigenvalue weighted by atomic mass is 9.88. The minimum Gasteiger partial charge on any atom is -0.482 e. The summed E-state index contributed by atoms with van der Waals surface area (Å²) in [6.45, 7) is 1.52. The zero-order valence-electron chi connectivity index (χ0n) is 14.4. The fraction of sp³-hybridized carbons (Fsp3) is 0.316. The number of aliphatic carboxylic acids is 1. The maximum atomic E-state index is 12.6. The fourth-order valence-electron chi connectivity index (χ4n) is 3.15. The van der Waals surface area contributed by atoms with Gasteiger partial charge in [0, 0.05) is 6.04 Å². The predicted molar refractivity (Wildman–Crippen MR) is 96.9 cm³/mol. The first kappa shape index (κ1) is 18.4. The zero-order valence-corrected chi connectivity index (χ0v) is 15.3. The van der Waals surface area contributed by atoms with E-state index in [1.54, 1.807) is 36.4 Å². The van der Waals surface area contributed by atoms with Crippen molar-refractivity contribution in [2.45, 2.75) is 37.1 Å². The summed E-state index contributed by atoms with van der Waals surface area (Å²) in [5.41, 5.74) is 2.94. The second-order valence-electron chi connectivity index (χ2n) is 6.45. The van der Waals surface area contributed by atoms with Crippen molar-refractivity contribution < 1.29 is 23.1 Å². The number of benzene rings is 2. The van der Waals surface area contributed by atoms with Crippen LogP contribution in [0.1, 0.15) is 23.1 Å². The van der Waals surface area contributed by atoms with Crippen molar-refractivity contribution >= 4 is 16.0 Å². The summed E-state index contributed by atoms with van der Waals surface area (Å²) < 4.78 is 33.3. The van der Waals surface area contributed by atoms with E-state index in [1.165, 1.54) is 0 Å². The third-order valence-corrected chi connectivity index (χ3v) is 5.98. The summed E-state index contributed by atoms with van der Waals surface area (Å²) >= 11 is 0. The summed E-state index contributed by atoms with van der Waals surface area (Å²) in [5.74, 6) is -0.466. The van der Waals surface area contributed by atoms with Gasteiger partial charge in [0.1, 0.15) is 5.75 Å². The van der Waals surface area contributed by atoms with Crippen molar-refractivity contribution in [2.75, 3.05) is 6.61 Å². The van der Waals surface area contributed by atoms with E-state index in [4.69, 9.17) is 9.84 Å². The van der Waals surface area contributed by atoms with Crippen molar-refractivity contribution in [1.29, 1.82) is 0 Å². The van der Waals surface area contributed by atoms with E-state index in [2.05, 4.69) is 4.72 Å². The summed E-state index contributed by atoms with van der Waals surface area (Å²) in [6, 6.07) is 12.0. The van der Waals surface area contributed by atoms with Crippen molar-refractivity contribution in [2.24, 2.45) is 0 Å².